The van der Waals surface area contributed by atoms with Crippen LogP contribution in [-0.4, -0.2) is 31.3 Å². The van der Waals surface area contributed by atoms with Crippen molar-refractivity contribution in [2.24, 2.45) is 4.99 Å². The molecule has 146 valence electrons. The first kappa shape index (κ1) is 19.2. The second-order valence-corrected chi connectivity index (χ2v) is 5.63. The molecule has 2 N–H and O–H groups in total. The molecule has 0 unspecified atom stereocenters. The first-order valence-electron chi connectivity index (χ1n) is 7.96. The Morgan fingerprint density at radius 3 is 2.24 bits per heavy atom. The highest BCUT2D eigenvalue weighted by Crippen LogP contribution is 2.32. The number of aromatic hydroxyl groups is 2. The summed E-state index contributed by atoms with van der Waals surface area (Å²) in [6, 6.07) is 10.3. The summed E-state index contributed by atoms with van der Waals surface area (Å²) in [6.07, 6.45) is 2.37. The van der Waals surface area contributed by atoms with E-state index in [1.807, 2.05) is 0 Å². The summed E-state index contributed by atoms with van der Waals surface area (Å²) in [5, 5.41) is 41.2. The van der Waals surface area contributed by atoms with Gasteiger partial charge in [0.1, 0.15) is 17.6 Å². The number of benzene rings is 2. The number of phenolic OH excluding ortho intramolecular Hbond substituents is 2. The molecule has 0 aliphatic rings. The van der Waals surface area contributed by atoms with E-state index in [1.165, 1.54) is 42.6 Å². The summed E-state index contributed by atoms with van der Waals surface area (Å²) >= 11 is 0. The number of nitro benzene ring substituents is 1. The Morgan fingerprint density at radius 2 is 1.66 bits per heavy atom. The smallest absolute Gasteiger partial charge is 0.287 e. The average Bonchev–Trinajstić information content (AvgIpc) is 2.69. The first-order valence-corrected chi connectivity index (χ1v) is 7.96. The van der Waals surface area contributed by atoms with Gasteiger partial charge in [0.15, 0.2) is 11.5 Å². The number of rotatable bonds is 6. The van der Waals surface area contributed by atoms with Crippen molar-refractivity contribution in [1.29, 1.82) is 0 Å². The van der Waals surface area contributed by atoms with Gasteiger partial charge < -0.3 is 14.9 Å². The summed E-state index contributed by atoms with van der Waals surface area (Å²) in [6.45, 7) is 0. The van der Waals surface area contributed by atoms with Gasteiger partial charge in [0.25, 0.3) is 11.4 Å². The van der Waals surface area contributed by atoms with Gasteiger partial charge in [0, 0.05) is 24.4 Å². The fourth-order valence-corrected chi connectivity index (χ4v) is 2.23. The number of nitro groups is 2. The number of phenols is 2. The standard InChI is InChI=1S/C18H12N4O7/c23-15-8-12(21(25)26)2-4-14(15)19-9-11-1-5-17(16(24)7-11)29-18-6-3-13(10-20-18)22(27)28/h1-10,23-24H. The molecular formula is C18H12N4O7. The van der Waals surface area contributed by atoms with E-state index in [0.29, 0.717) is 5.56 Å². The van der Waals surface area contributed by atoms with Gasteiger partial charge in [-0.2, -0.15) is 0 Å². The number of ether oxygens (including phenoxy) is 1. The summed E-state index contributed by atoms with van der Waals surface area (Å²) in [7, 11) is 0. The Hall–Kier alpha value is -4.54. The van der Waals surface area contributed by atoms with Crippen LogP contribution >= 0.6 is 0 Å². The van der Waals surface area contributed by atoms with Crippen LogP contribution in [-0.2, 0) is 0 Å². The lowest BCUT2D eigenvalue weighted by molar-refractivity contribution is -0.385. The number of aromatic nitrogens is 1. The number of hydrogen-bond acceptors (Lipinski definition) is 9. The van der Waals surface area contributed by atoms with Crippen molar-refractivity contribution >= 4 is 23.3 Å². The van der Waals surface area contributed by atoms with Crippen molar-refractivity contribution in [2.45, 2.75) is 0 Å². The zero-order chi connectivity index (χ0) is 21.0. The van der Waals surface area contributed by atoms with Crippen LogP contribution in [0.15, 0.2) is 59.7 Å². The minimum Gasteiger partial charge on any atom is -0.505 e. The van der Waals surface area contributed by atoms with Gasteiger partial charge in [0.05, 0.1) is 15.9 Å². The monoisotopic (exact) mass is 396 g/mol. The SMILES string of the molecule is O=[N+]([O-])c1ccc(Oc2ccc(C=Nc3ccc([N+](=O)[O-])cc3O)cc2O)nc1. The molecule has 11 heteroatoms. The molecule has 3 rings (SSSR count). The van der Waals surface area contributed by atoms with Gasteiger partial charge in [-0.15, -0.1) is 0 Å². The highest BCUT2D eigenvalue weighted by molar-refractivity contribution is 5.84. The van der Waals surface area contributed by atoms with E-state index in [2.05, 4.69) is 9.98 Å². The van der Waals surface area contributed by atoms with E-state index in [4.69, 9.17) is 4.74 Å². The highest BCUT2D eigenvalue weighted by atomic mass is 16.6. The molecule has 29 heavy (non-hydrogen) atoms. The molecule has 0 amide bonds. The molecule has 2 aromatic carbocycles. The summed E-state index contributed by atoms with van der Waals surface area (Å²) < 4.78 is 5.38. The Morgan fingerprint density at radius 1 is 0.931 bits per heavy atom. The Labute approximate surface area is 162 Å². The van der Waals surface area contributed by atoms with Crippen LogP contribution < -0.4 is 4.74 Å². The minimum absolute atomic E-state index is 0.0584. The Bertz CT molecular complexity index is 1110. The molecule has 0 aliphatic heterocycles. The van der Waals surface area contributed by atoms with Gasteiger partial charge in [-0.1, -0.05) is 0 Å². The molecule has 3 aromatic rings. The summed E-state index contributed by atoms with van der Waals surface area (Å²) in [5.41, 5.74) is 0.123. The number of non-ortho nitro benzene ring substituents is 1. The second-order valence-electron chi connectivity index (χ2n) is 5.63. The summed E-state index contributed by atoms with van der Waals surface area (Å²) in [5.74, 6) is -0.462. The third-order valence-corrected chi connectivity index (χ3v) is 3.65. The van der Waals surface area contributed by atoms with Crippen molar-refractivity contribution in [1.82, 2.24) is 4.98 Å². The number of aliphatic imine (C=N–C) groups is 1. The van der Waals surface area contributed by atoms with Crippen LogP contribution in [0.1, 0.15) is 5.56 Å². The Kier molecular flexibility index (Phi) is 5.30. The normalized spacial score (nSPS) is 10.8. The second kappa shape index (κ2) is 8.00. The van der Waals surface area contributed by atoms with E-state index < -0.39 is 9.85 Å². The minimum atomic E-state index is -0.635. The summed E-state index contributed by atoms with van der Waals surface area (Å²) in [4.78, 5) is 27.9. The van der Waals surface area contributed by atoms with Crippen molar-refractivity contribution in [3.05, 3.63) is 80.5 Å². The molecule has 11 nitrogen and oxygen atoms in total. The lowest BCUT2D eigenvalue weighted by atomic mass is 10.2. The number of hydrogen-bond donors (Lipinski definition) is 2. The zero-order valence-electron chi connectivity index (χ0n) is 14.5. The fraction of sp³-hybridized carbons (Fsp3) is 0. The molecule has 0 radical (unpaired) electrons. The quantitative estimate of drug-likeness (QED) is 0.361. The van der Waals surface area contributed by atoms with Gasteiger partial charge in [-0.05, 0) is 29.8 Å². The molecule has 1 aromatic heterocycles. The molecule has 0 aliphatic carbocycles. The third-order valence-electron chi connectivity index (χ3n) is 3.65. The van der Waals surface area contributed by atoms with Gasteiger partial charge in [-0.3, -0.25) is 25.2 Å². The van der Waals surface area contributed by atoms with Crippen LogP contribution in [0.3, 0.4) is 0 Å². The topological polar surface area (TPSA) is 161 Å². The Balaban J connectivity index is 1.74. The van der Waals surface area contributed by atoms with Gasteiger partial charge in [0.2, 0.25) is 5.88 Å². The molecule has 0 atom stereocenters. The number of nitrogens with zero attached hydrogens (tertiary/aromatic N) is 4. The van der Waals surface area contributed by atoms with Crippen molar-refractivity contribution in [2.75, 3.05) is 0 Å². The lowest BCUT2D eigenvalue weighted by Gasteiger charge is -2.07. The maximum absolute atomic E-state index is 10.7. The third kappa shape index (κ3) is 4.60. The lowest BCUT2D eigenvalue weighted by Crippen LogP contribution is -1.92. The predicted molar refractivity (Wildman–Crippen MR) is 101 cm³/mol. The van der Waals surface area contributed by atoms with Crippen LogP contribution in [0.25, 0.3) is 0 Å². The van der Waals surface area contributed by atoms with Gasteiger partial charge in [-0.25, -0.2) is 4.98 Å². The van der Waals surface area contributed by atoms with Crippen LogP contribution in [0.4, 0.5) is 17.1 Å². The van der Waals surface area contributed by atoms with Crippen LogP contribution in [0.2, 0.25) is 0 Å². The van der Waals surface area contributed by atoms with Crippen LogP contribution in [0, 0.1) is 20.2 Å². The molecule has 0 saturated carbocycles. The van der Waals surface area contributed by atoms with Gasteiger partial charge >= 0.3 is 0 Å². The van der Waals surface area contributed by atoms with E-state index in [-0.39, 0.29) is 40.2 Å². The van der Waals surface area contributed by atoms with E-state index in [0.717, 1.165) is 12.3 Å². The fourth-order valence-electron chi connectivity index (χ4n) is 2.23. The molecule has 0 bridgehead atoms. The molecule has 0 fully saturated rings. The van der Waals surface area contributed by atoms with E-state index >= 15 is 0 Å². The molecule has 0 spiro atoms. The maximum Gasteiger partial charge on any atom is 0.287 e. The average molecular weight is 396 g/mol. The molecular weight excluding hydrogens is 384 g/mol. The van der Waals surface area contributed by atoms with Crippen molar-refractivity contribution < 1.29 is 24.8 Å². The molecule has 1 heterocycles. The van der Waals surface area contributed by atoms with Crippen molar-refractivity contribution in [3.8, 4) is 23.1 Å². The van der Waals surface area contributed by atoms with E-state index in [9.17, 15) is 30.4 Å². The molecule has 0 saturated heterocycles. The predicted octanol–water partition coefficient (Wildman–Crippen LogP) is 3.85. The highest BCUT2D eigenvalue weighted by Gasteiger charge is 2.11. The first-order chi connectivity index (χ1) is 13.8. The number of pyridine rings is 1. The maximum atomic E-state index is 10.7. The zero-order valence-corrected chi connectivity index (χ0v) is 14.5. The van der Waals surface area contributed by atoms with E-state index in [1.54, 1.807) is 6.07 Å². The van der Waals surface area contributed by atoms with Crippen LogP contribution in [0.5, 0.6) is 23.1 Å². The largest absolute Gasteiger partial charge is 0.505 e. The van der Waals surface area contributed by atoms with Crippen molar-refractivity contribution in [3.63, 3.8) is 0 Å².